The minimum Gasteiger partial charge on any atom is -0.373 e. The molecule has 0 aromatic heterocycles. The molecule has 1 atom stereocenters. The van der Waals surface area contributed by atoms with Crippen LogP contribution in [0.25, 0.3) is 0 Å². The number of carbonyl (C=O) groups is 2. The Morgan fingerprint density at radius 2 is 1.65 bits per heavy atom. The summed E-state index contributed by atoms with van der Waals surface area (Å²) >= 11 is 0. The Morgan fingerprint density at radius 1 is 1.04 bits per heavy atom. The summed E-state index contributed by atoms with van der Waals surface area (Å²) in [4.78, 5) is 26.5. The van der Waals surface area contributed by atoms with Crippen LogP contribution < -0.4 is 4.90 Å². The van der Waals surface area contributed by atoms with Crippen molar-refractivity contribution in [2.75, 3.05) is 11.4 Å². The molecule has 1 aliphatic heterocycles. The molecular formula is C19H19NO3. The third-order valence-corrected chi connectivity index (χ3v) is 4.31. The molecule has 0 radical (unpaired) electrons. The van der Waals surface area contributed by atoms with Crippen LogP contribution in [0, 0.1) is 0 Å². The van der Waals surface area contributed by atoms with Gasteiger partial charge in [0.25, 0.3) is 5.91 Å². The van der Waals surface area contributed by atoms with E-state index in [1.165, 1.54) is 4.90 Å². The van der Waals surface area contributed by atoms with Gasteiger partial charge in [0, 0.05) is 25.1 Å². The standard InChI is InChI=1S/C19H19NO3/c21-17(12-11-15-7-3-1-4-8-15)19(23)13-14-20(18(19)22)16-9-5-2-6-10-16/h1-10,23H,11-14H2/t19-/m0/s1. The highest BCUT2D eigenvalue weighted by Gasteiger charge is 2.50. The van der Waals surface area contributed by atoms with Crippen molar-refractivity contribution >= 4 is 17.4 Å². The van der Waals surface area contributed by atoms with Gasteiger partial charge in [-0.25, -0.2) is 0 Å². The van der Waals surface area contributed by atoms with Gasteiger partial charge in [0.15, 0.2) is 5.78 Å². The summed E-state index contributed by atoms with van der Waals surface area (Å²) in [5.74, 6) is -0.911. The van der Waals surface area contributed by atoms with E-state index in [2.05, 4.69) is 0 Å². The van der Waals surface area contributed by atoms with Gasteiger partial charge in [-0.1, -0.05) is 48.5 Å². The molecule has 1 amide bonds. The lowest BCUT2D eigenvalue weighted by Gasteiger charge is -2.21. The Morgan fingerprint density at radius 3 is 2.30 bits per heavy atom. The predicted octanol–water partition coefficient (Wildman–Crippen LogP) is 2.36. The zero-order valence-electron chi connectivity index (χ0n) is 12.8. The molecule has 2 aromatic carbocycles. The van der Waals surface area contributed by atoms with Gasteiger partial charge in [0.2, 0.25) is 5.60 Å². The number of benzene rings is 2. The second kappa shape index (κ2) is 6.34. The molecule has 2 aromatic rings. The Kier molecular flexibility index (Phi) is 4.26. The smallest absolute Gasteiger partial charge is 0.266 e. The van der Waals surface area contributed by atoms with E-state index < -0.39 is 17.3 Å². The van der Waals surface area contributed by atoms with Crippen molar-refractivity contribution in [3.8, 4) is 0 Å². The first-order chi connectivity index (χ1) is 11.1. The normalized spacial score (nSPS) is 20.7. The fraction of sp³-hybridized carbons (Fsp3) is 0.263. The molecule has 0 saturated carbocycles. The third kappa shape index (κ3) is 3.03. The molecular weight excluding hydrogens is 290 g/mol. The molecule has 4 nitrogen and oxygen atoms in total. The number of para-hydroxylation sites is 1. The zero-order chi connectivity index (χ0) is 16.3. The summed E-state index contributed by atoms with van der Waals surface area (Å²) in [5, 5.41) is 10.6. The van der Waals surface area contributed by atoms with Gasteiger partial charge in [-0.3, -0.25) is 9.59 Å². The lowest BCUT2D eigenvalue weighted by molar-refractivity contribution is -0.147. The largest absolute Gasteiger partial charge is 0.373 e. The molecule has 1 N–H and O–H groups in total. The summed E-state index contributed by atoms with van der Waals surface area (Å²) in [6, 6.07) is 18.7. The monoisotopic (exact) mass is 309 g/mol. The molecule has 1 saturated heterocycles. The first-order valence-electron chi connectivity index (χ1n) is 7.78. The molecule has 0 unspecified atom stereocenters. The van der Waals surface area contributed by atoms with Crippen molar-refractivity contribution in [3.05, 3.63) is 66.2 Å². The molecule has 0 bridgehead atoms. The summed E-state index contributed by atoms with van der Waals surface area (Å²) in [6.07, 6.45) is 0.837. The molecule has 4 heteroatoms. The zero-order valence-corrected chi connectivity index (χ0v) is 12.8. The SMILES string of the molecule is O=C(CCc1ccccc1)[C@@]1(O)CCN(c2ccccc2)C1=O. The molecule has 0 aliphatic carbocycles. The number of Topliss-reactive ketones (excluding diaryl/α,β-unsaturated/α-hetero) is 1. The number of ketones is 1. The van der Waals surface area contributed by atoms with E-state index in [9.17, 15) is 14.7 Å². The van der Waals surface area contributed by atoms with E-state index in [0.717, 1.165) is 5.56 Å². The second-order valence-electron chi connectivity index (χ2n) is 5.81. The Hall–Kier alpha value is -2.46. The summed E-state index contributed by atoms with van der Waals surface area (Å²) in [5.41, 5.74) is -0.149. The molecule has 1 aliphatic rings. The fourth-order valence-electron chi connectivity index (χ4n) is 2.93. The Bertz CT molecular complexity index is 699. The van der Waals surface area contributed by atoms with Crippen LogP contribution in [0.4, 0.5) is 5.69 Å². The number of nitrogens with zero attached hydrogens (tertiary/aromatic N) is 1. The fourth-order valence-corrected chi connectivity index (χ4v) is 2.93. The van der Waals surface area contributed by atoms with E-state index in [1.807, 2.05) is 48.5 Å². The van der Waals surface area contributed by atoms with Crippen molar-refractivity contribution in [2.45, 2.75) is 24.9 Å². The van der Waals surface area contributed by atoms with E-state index >= 15 is 0 Å². The number of amides is 1. The summed E-state index contributed by atoms with van der Waals surface area (Å²) in [6.45, 7) is 0.358. The van der Waals surface area contributed by atoms with Crippen LogP contribution in [0.5, 0.6) is 0 Å². The van der Waals surface area contributed by atoms with Crippen LogP contribution in [0.3, 0.4) is 0 Å². The molecule has 118 valence electrons. The van der Waals surface area contributed by atoms with Crippen molar-refractivity contribution in [1.82, 2.24) is 0 Å². The highest BCUT2D eigenvalue weighted by atomic mass is 16.3. The molecule has 3 rings (SSSR count). The maximum atomic E-state index is 12.5. The van der Waals surface area contributed by atoms with E-state index in [4.69, 9.17) is 0 Å². The topological polar surface area (TPSA) is 57.6 Å². The molecule has 23 heavy (non-hydrogen) atoms. The number of aliphatic hydroxyl groups is 1. The average molecular weight is 309 g/mol. The lowest BCUT2D eigenvalue weighted by atomic mass is 9.92. The van der Waals surface area contributed by atoms with Gasteiger partial charge in [0.05, 0.1) is 0 Å². The molecule has 0 spiro atoms. The lowest BCUT2D eigenvalue weighted by Crippen LogP contribution is -2.47. The minimum atomic E-state index is -1.88. The number of carbonyl (C=O) groups excluding carboxylic acids is 2. The number of rotatable bonds is 5. The second-order valence-corrected chi connectivity index (χ2v) is 5.81. The van der Waals surface area contributed by atoms with Gasteiger partial charge in [-0.05, 0) is 24.1 Å². The highest BCUT2D eigenvalue weighted by molar-refractivity contribution is 6.17. The van der Waals surface area contributed by atoms with Crippen molar-refractivity contribution < 1.29 is 14.7 Å². The maximum Gasteiger partial charge on any atom is 0.266 e. The highest BCUT2D eigenvalue weighted by Crippen LogP contribution is 2.30. The van der Waals surface area contributed by atoms with Crippen LogP contribution >= 0.6 is 0 Å². The van der Waals surface area contributed by atoms with Gasteiger partial charge in [-0.2, -0.15) is 0 Å². The maximum absolute atomic E-state index is 12.5. The number of hydrogen-bond acceptors (Lipinski definition) is 3. The van der Waals surface area contributed by atoms with Gasteiger partial charge < -0.3 is 10.0 Å². The van der Waals surface area contributed by atoms with Gasteiger partial charge in [-0.15, -0.1) is 0 Å². The van der Waals surface area contributed by atoms with E-state index in [-0.39, 0.29) is 12.8 Å². The summed E-state index contributed by atoms with van der Waals surface area (Å²) in [7, 11) is 0. The van der Waals surface area contributed by atoms with Crippen LogP contribution in [0.15, 0.2) is 60.7 Å². The number of anilines is 1. The van der Waals surface area contributed by atoms with Crippen molar-refractivity contribution in [2.24, 2.45) is 0 Å². The molecule has 1 heterocycles. The van der Waals surface area contributed by atoms with Crippen LogP contribution in [0.1, 0.15) is 18.4 Å². The summed E-state index contributed by atoms with van der Waals surface area (Å²) < 4.78 is 0. The predicted molar refractivity (Wildman–Crippen MR) is 88.1 cm³/mol. The van der Waals surface area contributed by atoms with Crippen LogP contribution in [-0.2, 0) is 16.0 Å². The average Bonchev–Trinajstić information content (AvgIpc) is 2.91. The van der Waals surface area contributed by atoms with E-state index in [1.54, 1.807) is 12.1 Å². The van der Waals surface area contributed by atoms with Crippen molar-refractivity contribution in [3.63, 3.8) is 0 Å². The first kappa shape index (κ1) is 15.4. The van der Waals surface area contributed by atoms with Crippen LogP contribution in [0.2, 0.25) is 0 Å². The molecule has 1 fully saturated rings. The Labute approximate surface area is 135 Å². The Balaban J connectivity index is 1.69. The van der Waals surface area contributed by atoms with E-state index in [0.29, 0.717) is 18.7 Å². The number of aryl methyl sites for hydroxylation is 1. The van der Waals surface area contributed by atoms with Gasteiger partial charge >= 0.3 is 0 Å². The quantitative estimate of drug-likeness (QED) is 0.863. The first-order valence-corrected chi connectivity index (χ1v) is 7.78. The van der Waals surface area contributed by atoms with Crippen molar-refractivity contribution in [1.29, 1.82) is 0 Å². The third-order valence-electron chi connectivity index (χ3n) is 4.31. The van der Waals surface area contributed by atoms with Gasteiger partial charge in [0.1, 0.15) is 0 Å². The minimum absolute atomic E-state index is 0.147. The number of hydrogen-bond donors (Lipinski definition) is 1. The van der Waals surface area contributed by atoms with Crippen LogP contribution in [-0.4, -0.2) is 28.9 Å².